The van der Waals surface area contributed by atoms with Crippen molar-refractivity contribution in [3.8, 4) is 0 Å². The van der Waals surface area contributed by atoms with E-state index in [4.69, 9.17) is 0 Å². The third-order valence-electron chi connectivity index (χ3n) is 3.23. The molecule has 0 bridgehead atoms. The maximum absolute atomic E-state index is 13.5. The molecule has 118 valence electrons. The highest BCUT2D eigenvalue weighted by Crippen LogP contribution is 2.33. The van der Waals surface area contributed by atoms with Crippen molar-refractivity contribution in [2.45, 2.75) is 16.7 Å². The van der Waals surface area contributed by atoms with E-state index in [2.05, 4.69) is 38.1 Å². The second kappa shape index (κ2) is 6.88. The number of benzene rings is 2. The van der Waals surface area contributed by atoms with Crippen LogP contribution in [0.1, 0.15) is 17.3 Å². The van der Waals surface area contributed by atoms with E-state index in [9.17, 15) is 9.18 Å². The molecular formula is C16H13FIN3OS. The van der Waals surface area contributed by atoms with Crippen LogP contribution in [0.3, 0.4) is 0 Å². The molecule has 3 rings (SSSR count). The molecule has 23 heavy (non-hydrogen) atoms. The first-order chi connectivity index (χ1) is 11.1. The van der Waals surface area contributed by atoms with Crippen LogP contribution in [0, 0.1) is 9.52 Å². The number of halogens is 2. The lowest BCUT2D eigenvalue weighted by molar-refractivity contribution is 0.0952. The van der Waals surface area contributed by atoms with E-state index >= 15 is 0 Å². The van der Waals surface area contributed by atoms with Gasteiger partial charge in [0.25, 0.3) is 5.91 Å². The van der Waals surface area contributed by atoms with Crippen LogP contribution in [0.4, 0.5) is 4.39 Å². The Kier molecular flexibility index (Phi) is 4.86. The Bertz CT molecular complexity index is 881. The van der Waals surface area contributed by atoms with E-state index in [0.29, 0.717) is 17.0 Å². The normalized spacial score (nSPS) is 10.9. The van der Waals surface area contributed by atoms with Crippen LogP contribution in [0.5, 0.6) is 0 Å². The number of hydrogen-bond donors (Lipinski definition) is 2. The Morgan fingerprint density at radius 3 is 2.96 bits per heavy atom. The van der Waals surface area contributed by atoms with Gasteiger partial charge in [0.2, 0.25) is 0 Å². The molecule has 0 aliphatic heterocycles. The number of aromatic nitrogens is 2. The summed E-state index contributed by atoms with van der Waals surface area (Å²) in [4.78, 5) is 13.8. The molecule has 2 N–H and O–H groups in total. The van der Waals surface area contributed by atoms with Gasteiger partial charge in [-0.05, 0) is 65.9 Å². The van der Waals surface area contributed by atoms with Gasteiger partial charge in [0.15, 0.2) is 0 Å². The molecule has 0 fully saturated rings. The number of carbonyl (C=O) groups is 1. The summed E-state index contributed by atoms with van der Waals surface area (Å²) >= 11 is 3.61. The molecule has 1 amide bonds. The standard InChI is InChI=1S/C16H13FIN3OS/c1-2-19-16(22)12-7-9(17)3-6-14(12)23-10-4-5-11-13(8-10)20-21-15(11)18/h3-8H,2H2,1H3,(H,19,22)(H,20,21). The number of H-pyrrole nitrogens is 1. The molecule has 3 aromatic rings. The van der Waals surface area contributed by atoms with Gasteiger partial charge in [-0.15, -0.1) is 0 Å². The van der Waals surface area contributed by atoms with Crippen LogP contribution >= 0.6 is 34.4 Å². The Balaban J connectivity index is 1.96. The minimum absolute atomic E-state index is 0.273. The van der Waals surface area contributed by atoms with E-state index in [-0.39, 0.29) is 5.91 Å². The maximum atomic E-state index is 13.5. The van der Waals surface area contributed by atoms with Crippen molar-refractivity contribution < 1.29 is 9.18 Å². The molecule has 1 aromatic heterocycles. The second-order valence-corrected chi connectivity index (χ2v) is 7.01. The predicted octanol–water partition coefficient (Wildman–Crippen LogP) is 4.21. The van der Waals surface area contributed by atoms with Gasteiger partial charge in [-0.3, -0.25) is 9.89 Å². The average molecular weight is 441 g/mol. The van der Waals surface area contributed by atoms with Crippen molar-refractivity contribution in [2.75, 3.05) is 6.54 Å². The van der Waals surface area contributed by atoms with Crippen molar-refractivity contribution in [2.24, 2.45) is 0 Å². The second-order valence-electron chi connectivity index (χ2n) is 4.82. The van der Waals surface area contributed by atoms with Crippen LogP contribution in [0.15, 0.2) is 46.2 Å². The number of aromatic amines is 1. The number of nitrogens with zero attached hydrogens (tertiary/aromatic N) is 1. The molecule has 0 unspecified atom stereocenters. The molecule has 0 saturated carbocycles. The zero-order valence-corrected chi connectivity index (χ0v) is 15.2. The number of hydrogen-bond acceptors (Lipinski definition) is 3. The van der Waals surface area contributed by atoms with E-state index < -0.39 is 5.82 Å². The summed E-state index contributed by atoms with van der Waals surface area (Å²) in [7, 11) is 0. The predicted molar refractivity (Wildman–Crippen MR) is 97.3 cm³/mol. The van der Waals surface area contributed by atoms with Gasteiger partial charge in [-0.2, -0.15) is 5.10 Å². The molecule has 0 saturated heterocycles. The average Bonchev–Trinajstić information content (AvgIpc) is 2.90. The van der Waals surface area contributed by atoms with Gasteiger partial charge < -0.3 is 5.32 Å². The lowest BCUT2D eigenvalue weighted by Gasteiger charge is -2.09. The van der Waals surface area contributed by atoms with Crippen LogP contribution in [-0.4, -0.2) is 22.6 Å². The van der Waals surface area contributed by atoms with E-state index in [0.717, 1.165) is 19.5 Å². The Morgan fingerprint density at radius 1 is 1.35 bits per heavy atom. The summed E-state index contributed by atoms with van der Waals surface area (Å²) in [6, 6.07) is 10.2. The lowest BCUT2D eigenvalue weighted by Crippen LogP contribution is -2.23. The molecule has 0 spiro atoms. The Labute approximate surface area is 150 Å². The highest BCUT2D eigenvalue weighted by Gasteiger charge is 2.14. The zero-order valence-electron chi connectivity index (χ0n) is 12.2. The number of fused-ring (bicyclic) bond motifs is 1. The first-order valence-corrected chi connectivity index (χ1v) is 8.87. The first kappa shape index (κ1) is 16.3. The lowest BCUT2D eigenvalue weighted by atomic mass is 10.2. The van der Waals surface area contributed by atoms with Crippen molar-refractivity contribution in [1.82, 2.24) is 15.5 Å². The van der Waals surface area contributed by atoms with Crippen LogP contribution in [0.2, 0.25) is 0 Å². The molecule has 0 aliphatic carbocycles. The number of nitrogens with one attached hydrogen (secondary N) is 2. The molecule has 0 atom stereocenters. The molecule has 7 heteroatoms. The summed E-state index contributed by atoms with van der Waals surface area (Å²) < 4.78 is 14.5. The number of carbonyl (C=O) groups excluding carboxylic acids is 1. The molecule has 2 aromatic carbocycles. The maximum Gasteiger partial charge on any atom is 0.252 e. The molecule has 0 aliphatic rings. The van der Waals surface area contributed by atoms with Gasteiger partial charge in [-0.1, -0.05) is 11.8 Å². The molecular weight excluding hydrogens is 428 g/mol. The fourth-order valence-electron chi connectivity index (χ4n) is 2.17. The van der Waals surface area contributed by atoms with Gasteiger partial charge >= 0.3 is 0 Å². The van der Waals surface area contributed by atoms with E-state index in [1.165, 1.54) is 23.9 Å². The van der Waals surface area contributed by atoms with Crippen LogP contribution < -0.4 is 5.32 Å². The Hall–Kier alpha value is -1.61. The number of rotatable bonds is 4. The van der Waals surface area contributed by atoms with Gasteiger partial charge in [0.05, 0.1) is 11.1 Å². The third-order valence-corrected chi connectivity index (χ3v) is 5.12. The van der Waals surface area contributed by atoms with Gasteiger partial charge in [-0.25, -0.2) is 4.39 Å². The molecule has 1 heterocycles. The fraction of sp³-hybridized carbons (Fsp3) is 0.125. The van der Waals surface area contributed by atoms with E-state index in [1.54, 1.807) is 6.07 Å². The topological polar surface area (TPSA) is 57.8 Å². The number of amides is 1. The third kappa shape index (κ3) is 3.50. The monoisotopic (exact) mass is 441 g/mol. The van der Waals surface area contributed by atoms with Crippen LogP contribution in [0.25, 0.3) is 10.9 Å². The minimum atomic E-state index is -0.423. The Morgan fingerprint density at radius 2 is 2.17 bits per heavy atom. The van der Waals surface area contributed by atoms with Gasteiger partial charge in [0.1, 0.15) is 9.52 Å². The summed E-state index contributed by atoms with van der Waals surface area (Å²) in [6.07, 6.45) is 0. The largest absolute Gasteiger partial charge is 0.352 e. The first-order valence-electron chi connectivity index (χ1n) is 6.97. The van der Waals surface area contributed by atoms with Gasteiger partial charge in [0, 0.05) is 21.7 Å². The highest BCUT2D eigenvalue weighted by molar-refractivity contribution is 14.1. The van der Waals surface area contributed by atoms with Crippen molar-refractivity contribution in [3.63, 3.8) is 0 Å². The highest BCUT2D eigenvalue weighted by atomic mass is 127. The summed E-state index contributed by atoms with van der Waals surface area (Å²) in [5.41, 5.74) is 1.20. The molecule has 0 radical (unpaired) electrons. The SMILES string of the molecule is CCNC(=O)c1cc(F)ccc1Sc1ccc2c(I)[nH]nc2c1. The quantitative estimate of drug-likeness (QED) is 0.597. The minimum Gasteiger partial charge on any atom is -0.352 e. The van der Waals surface area contributed by atoms with Crippen molar-refractivity contribution >= 4 is 51.2 Å². The zero-order chi connectivity index (χ0) is 16.4. The summed E-state index contributed by atoms with van der Waals surface area (Å²) in [5, 5.41) is 10.9. The summed E-state index contributed by atoms with van der Waals surface area (Å²) in [6.45, 7) is 2.33. The smallest absolute Gasteiger partial charge is 0.252 e. The summed E-state index contributed by atoms with van der Waals surface area (Å²) in [5.74, 6) is -0.696. The van der Waals surface area contributed by atoms with Crippen molar-refractivity contribution in [1.29, 1.82) is 0 Å². The van der Waals surface area contributed by atoms with Crippen molar-refractivity contribution in [3.05, 3.63) is 51.5 Å². The fourth-order valence-corrected chi connectivity index (χ4v) is 3.71. The van der Waals surface area contributed by atoms with E-state index in [1.807, 2.05) is 25.1 Å². The molecule has 4 nitrogen and oxygen atoms in total. The van der Waals surface area contributed by atoms with Crippen LogP contribution in [-0.2, 0) is 0 Å².